The van der Waals surface area contributed by atoms with Gasteiger partial charge in [-0.2, -0.15) is 4.51 Å². The van der Waals surface area contributed by atoms with Crippen molar-refractivity contribution in [3.05, 3.63) is 35.9 Å². The maximum absolute atomic E-state index is 5.62. The Morgan fingerprint density at radius 3 is 2.45 bits per heavy atom. The normalized spacial score (nSPS) is 11.6. The zero-order valence-electron chi connectivity index (χ0n) is 5.80. The van der Waals surface area contributed by atoms with Crippen LogP contribution in [0.5, 0.6) is 0 Å². The molecule has 0 radical (unpaired) electrons. The van der Waals surface area contributed by atoms with E-state index in [1.807, 2.05) is 30.3 Å². The predicted octanol–water partition coefficient (Wildman–Crippen LogP) is 3.02. The van der Waals surface area contributed by atoms with Crippen LogP contribution in [0.4, 0.5) is 0 Å². The number of nitrogens with zero attached hydrogens (tertiary/aromatic N) is 1. The van der Waals surface area contributed by atoms with Gasteiger partial charge in [-0.1, -0.05) is 41.9 Å². The van der Waals surface area contributed by atoms with Crippen molar-refractivity contribution in [3.63, 3.8) is 0 Å². The van der Waals surface area contributed by atoms with E-state index in [-0.39, 0.29) is 0 Å². The fourth-order valence-corrected chi connectivity index (χ4v) is 1.01. The van der Waals surface area contributed by atoms with Gasteiger partial charge in [-0.05, 0) is 5.56 Å². The second-order valence-corrected chi connectivity index (χ2v) is 2.73. The quantitative estimate of drug-likeness (QED) is 0.632. The molecule has 1 aromatic rings. The minimum Gasteiger partial charge on any atom is -0.170 e. The zero-order valence-corrected chi connectivity index (χ0v) is 7.31. The Morgan fingerprint density at radius 2 is 1.91 bits per heavy atom. The Balaban J connectivity index is 2.65. The van der Waals surface area contributed by atoms with Crippen molar-refractivity contribution in [2.45, 2.75) is 6.42 Å². The van der Waals surface area contributed by atoms with Gasteiger partial charge in [0, 0.05) is 18.2 Å². The average molecular weight is 188 g/mol. The van der Waals surface area contributed by atoms with E-state index in [2.05, 4.69) is 4.51 Å². The van der Waals surface area contributed by atoms with Crippen LogP contribution < -0.4 is 0 Å². The number of rotatable bonds is 2. The first kappa shape index (κ1) is 8.57. The molecule has 0 aliphatic heterocycles. The van der Waals surface area contributed by atoms with Crippen molar-refractivity contribution >= 4 is 28.5 Å². The summed E-state index contributed by atoms with van der Waals surface area (Å²) < 4.78 is 3.34. The first-order valence-electron chi connectivity index (χ1n) is 3.20. The highest BCUT2D eigenvalue weighted by Gasteiger charge is 1.95. The van der Waals surface area contributed by atoms with Crippen LogP contribution in [-0.2, 0) is 6.42 Å². The van der Waals surface area contributed by atoms with Crippen LogP contribution in [0.15, 0.2) is 34.8 Å². The van der Waals surface area contributed by atoms with Gasteiger partial charge in [-0.3, -0.25) is 0 Å². The molecule has 0 fully saturated rings. The van der Waals surface area contributed by atoms with E-state index in [4.69, 9.17) is 23.4 Å². The molecule has 0 heterocycles. The van der Waals surface area contributed by atoms with Gasteiger partial charge in [0.2, 0.25) is 0 Å². The van der Waals surface area contributed by atoms with E-state index >= 15 is 0 Å². The van der Waals surface area contributed by atoms with Crippen molar-refractivity contribution in [1.29, 1.82) is 0 Å². The zero-order chi connectivity index (χ0) is 8.10. The third-order valence-electron chi connectivity index (χ3n) is 1.28. The SMILES string of the molecule is Cl/N=C(\Cl)Cc1ccccc1. The molecule has 0 aromatic heterocycles. The van der Waals surface area contributed by atoms with E-state index in [0.717, 1.165) is 5.56 Å². The summed E-state index contributed by atoms with van der Waals surface area (Å²) in [5.74, 6) is 0. The van der Waals surface area contributed by atoms with Gasteiger partial charge in [0.25, 0.3) is 0 Å². The van der Waals surface area contributed by atoms with Gasteiger partial charge in [-0.25, -0.2) is 0 Å². The molecule has 0 saturated heterocycles. The standard InChI is InChI=1S/C8H7Cl2N/c9-8(11-10)6-7-4-2-1-3-5-7/h1-5H,6H2/b11-8-. The van der Waals surface area contributed by atoms with Crippen LogP contribution in [-0.4, -0.2) is 5.17 Å². The first-order chi connectivity index (χ1) is 5.33. The second-order valence-electron chi connectivity index (χ2n) is 2.12. The van der Waals surface area contributed by atoms with E-state index in [1.165, 1.54) is 0 Å². The minimum atomic E-state index is 0.415. The Labute approximate surface area is 75.8 Å². The molecule has 0 spiro atoms. The highest BCUT2D eigenvalue weighted by atomic mass is 35.5. The van der Waals surface area contributed by atoms with Crippen LogP contribution >= 0.6 is 23.4 Å². The maximum Gasteiger partial charge on any atom is 0.125 e. The fourth-order valence-electron chi connectivity index (χ4n) is 0.794. The maximum atomic E-state index is 5.62. The lowest BCUT2D eigenvalue weighted by molar-refractivity contribution is 1.35. The largest absolute Gasteiger partial charge is 0.170 e. The molecule has 0 bridgehead atoms. The van der Waals surface area contributed by atoms with Crippen LogP contribution in [0.1, 0.15) is 5.56 Å². The van der Waals surface area contributed by atoms with Gasteiger partial charge in [0.05, 0.1) is 0 Å². The lowest BCUT2D eigenvalue weighted by Crippen LogP contribution is -1.91. The molecule has 3 heteroatoms. The summed E-state index contributed by atoms with van der Waals surface area (Å²) in [4.78, 5) is 0. The van der Waals surface area contributed by atoms with Crippen molar-refractivity contribution in [3.8, 4) is 0 Å². The number of hydrogen-bond acceptors (Lipinski definition) is 1. The molecule has 0 atom stereocenters. The second kappa shape index (κ2) is 4.37. The minimum absolute atomic E-state index is 0.415. The van der Waals surface area contributed by atoms with Crippen LogP contribution in [0.25, 0.3) is 0 Å². The molecule has 1 aromatic carbocycles. The van der Waals surface area contributed by atoms with Crippen molar-refractivity contribution < 1.29 is 0 Å². The fraction of sp³-hybridized carbons (Fsp3) is 0.125. The highest BCUT2D eigenvalue weighted by molar-refractivity contribution is 6.67. The first-order valence-corrected chi connectivity index (χ1v) is 3.92. The molecule has 0 unspecified atom stereocenters. The van der Waals surface area contributed by atoms with Crippen molar-refractivity contribution in [1.82, 2.24) is 0 Å². The van der Waals surface area contributed by atoms with E-state index in [9.17, 15) is 0 Å². The predicted molar refractivity (Wildman–Crippen MR) is 49.3 cm³/mol. The molecule has 0 aliphatic rings. The van der Waals surface area contributed by atoms with Crippen LogP contribution in [0.3, 0.4) is 0 Å². The molecular weight excluding hydrogens is 181 g/mol. The Hall–Kier alpha value is -0.530. The van der Waals surface area contributed by atoms with Crippen molar-refractivity contribution in [2.75, 3.05) is 0 Å². The summed E-state index contributed by atoms with van der Waals surface area (Å²) in [6, 6.07) is 9.81. The molecule has 11 heavy (non-hydrogen) atoms. The van der Waals surface area contributed by atoms with Gasteiger partial charge in [0.15, 0.2) is 0 Å². The lowest BCUT2D eigenvalue weighted by Gasteiger charge is -1.95. The summed E-state index contributed by atoms with van der Waals surface area (Å²) in [6.07, 6.45) is 0.603. The molecule has 0 saturated carbocycles. The van der Waals surface area contributed by atoms with E-state index < -0.39 is 0 Å². The van der Waals surface area contributed by atoms with Crippen molar-refractivity contribution in [2.24, 2.45) is 4.51 Å². The Morgan fingerprint density at radius 1 is 1.27 bits per heavy atom. The summed E-state index contributed by atoms with van der Waals surface area (Å²) in [5.41, 5.74) is 1.11. The van der Waals surface area contributed by atoms with Gasteiger partial charge < -0.3 is 0 Å². The van der Waals surface area contributed by atoms with Gasteiger partial charge in [-0.15, -0.1) is 0 Å². The third kappa shape index (κ3) is 2.91. The number of benzene rings is 1. The van der Waals surface area contributed by atoms with Gasteiger partial charge >= 0.3 is 0 Å². The Kier molecular flexibility index (Phi) is 3.40. The number of hydrogen-bond donors (Lipinski definition) is 0. The van der Waals surface area contributed by atoms with E-state index in [1.54, 1.807) is 0 Å². The summed E-state index contributed by atoms with van der Waals surface area (Å²) in [7, 11) is 0. The van der Waals surface area contributed by atoms with Crippen LogP contribution in [0.2, 0.25) is 0 Å². The third-order valence-corrected chi connectivity index (χ3v) is 1.79. The molecule has 1 rings (SSSR count). The van der Waals surface area contributed by atoms with Gasteiger partial charge in [0.1, 0.15) is 5.17 Å². The summed E-state index contributed by atoms with van der Waals surface area (Å²) in [5, 5.41) is 0.415. The summed E-state index contributed by atoms with van der Waals surface area (Å²) >= 11 is 10.8. The molecule has 1 nitrogen and oxygen atoms in total. The molecule has 58 valence electrons. The molecule has 0 amide bonds. The molecule has 0 N–H and O–H groups in total. The molecular formula is C8H7Cl2N. The van der Waals surface area contributed by atoms with E-state index in [0.29, 0.717) is 11.6 Å². The topological polar surface area (TPSA) is 12.4 Å². The average Bonchev–Trinajstić information content (AvgIpc) is 2.06. The summed E-state index contributed by atoms with van der Waals surface area (Å²) in [6.45, 7) is 0. The highest BCUT2D eigenvalue weighted by Crippen LogP contribution is 2.03. The van der Waals surface area contributed by atoms with Crippen LogP contribution in [0, 0.1) is 0 Å². The Bertz CT molecular complexity index is 244. The molecule has 0 aliphatic carbocycles. The monoisotopic (exact) mass is 187 g/mol. The smallest absolute Gasteiger partial charge is 0.125 e. The number of halogens is 2. The lowest BCUT2D eigenvalue weighted by atomic mass is 10.2.